The normalized spacial score (nSPS) is 11.1. The van der Waals surface area contributed by atoms with Crippen molar-refractivity contribution in [3.63, 3.8) is 0 Å². The van der Waals surface area contributed by atoms with Crippen molar-refractivity contribution in [2.45, 2.75) is 46.0 Å². The van der Waals surface area contributed by atoms with Gasteiger partial charge in [-0.25, -0.2) is 0 Å². The second-order valence-corrected chi connectivity index (χ2v) is 3.98. The average molecular weight is 268 g/mol. The molecule has 19 heavy (non-hydrogen) atoms. The van der Waals surface area contributed by atoms with Crippen LogP contribution in [0.1, 0.15) is 46.0 Å². The first-order valence-electron chi connectivity index (χ1n) is 6.81. The van der Waals surface area contributed by atoms with Gasteiger partial charge in [-0.3, -0.25) is 9.59 Å². The molecule has 0 spiro atoms. The lowest BCUT2D eigenvalue weighted by Crippen LogP contribution is -2.08. The third kappa shape index (κ3) is 12.7. The second-order valence-electron chi connectivity index (χ2n) is 3.98. The van der Waals surface area contributed by atoms with Crippen molar-refractivity contribution >= 4 is 11.9 Å². The molecule has 0 N–H and O–H groups in total. The molecule has 0 aromatic rings. The molecular weight excluding hydrogens is 244 g/mol. The van der Waals surface area contributed by atoms with Crippen LogP contribution in [-0.2, 0) is 19.1 Å². The fraction of sp³-hybridized carbons (Fsp3) is 0.600. The molecule has 0 unspecified atom stereocenters. The first-order valence-corrected chi connectivity index (χ1v) is 6.81. The zero-order valence-electron chi connectivity index (χ0n) is 11.9. The van der Waals surface area contributed by atoms with E-state index in [1.165, 1.54) is 0 Å². The van der Waals surface area contributed by atoms with Gasteiger partial charge in [0, 0.05) is 12.8 Å². The molecule has 0 aliphatic carbocycles. The van der Waals surface area contributed by atoms with Crippen LogP contribution in [-0.4, -0.2) is 25.2 Å². The molecule has 0 rings (SSSR count). The van der Waals surface area contributed by atoms with Crippen molar-refractivity contribution in [1.82, 2.24) is 0 Å². The van der Waals surface area contributed by atoms with Crippen molar-refractivity contribution in [3.05, 3.63) is 24.3 Å². The van der Waals surface area contributed by atoms with Gasteiger partial charge in [-0.05, 0) is 19.3 Å². The third-order valence-electron chi connectivity index (χ3n) is 2.25. The van der Waals surface area contributed by atoms with Crippen LogP contribution in [0.15, 0.2) is 24.3 Å². The number of hydrogen-bond acceptors (Lipinski definition) is 4. The number of ether oxygens (including phenoxy) is 2. The first kappa shape index (κ1) is 17.4. The van der Waals surface area contributed by atoms with Crippen molar-refractivity contribution < 1.29 is 19.1 Å². The van der Waals surface area contributed by atoms with E-state index in [-0.39, 0.29) is 24.8 Å². The van der Waals surface area contributed by atoms with E-state index in [9.17, 15) is 9.59 Å². The molecular formula is C15H24O4. The van der Waals surface area contributed by atoms with Crippen LogP contribution in [0.4, 0.5) is 0 Å². The van der Waals surface area contributed by atoms with Gasteiger partial charge in [0.2, 0.25) is 0 Å². The summed E-state index contributed by atoms with van der Waals surface area (Å²) in [6.45, 7) is 4.64. The number of carbonyl (C=O) groups excluding carboxylic acids is 2. The fourth-order valence-corrected chi connectivity index (χ4v) is 1.27. The van der Waals surface area contributed by atoms with E-state index >= 15 is 0 Å². The van der Waals surface area contributed by atoms with Crippen LogP contribution in [0, 0.1) is 0 Å². The molecule has 0 saturated carbocycles. The predicted octanol–water partition coefficient (Wildman–Crippen LogP) is 3.18. The van der Waals surface area contributed by atoms with Gasteiger partial charge in [0.1, 0.15) is 13.2 Å². The summed E-state index contributed by atoms with van der Waals surface area (Å²) in [5, 5.41) is 0. The molecule has 0 amide bonds. The van der Waals surface area contributed by atoms with Crippen LogP contribution in [0.25, 0.3) is 0 Å². The summed E-state index contributed by atoms with van der Waals surface area (Å²) in [5.41, 5.74) is 0. The maximum atomic E-state index is 11.3. The highest BCUT2D eigenvalue weighted by atomic mass is 16.5. The van der Waals surface area contributed by atoms with Crippen molar-refractivity contribution in [2.75, 3.05) is 13.2 Å². The third-order valence-corrected chi connectivity index (χ3v) is 2.25. The molecule has 0 aliphatic heterocycles. The van der Waals surface area contributed by atoms with E-state index in [0.717, 1.165) is 12.8 Å². The van der Waals surface area contributed by atoms with Gasteiger partial charge in [0.05, 0.1) is 0 Å². The van der Waals surface area contributed by atoms with Crippen LogP contribution < -0.4 is 0 Å². The zero-order valence-corrected chi connectivity index (χ0v) is 11.9. The lowest BCUT2D eigenvalue weighted by molar-refractivity contribution is -0.144. The SMILES string of the molecule is CC/C=C/COC(=O)CCCC(=O)OC/C=C/CC. The molecule has 4 heteroatoms. The number of hydrogen-bond donors (Lipinski definition) is 0. The number of esters is 2. The maximum absolute atomic E-state index is 11.3. The van der Waals surface area contributed by atoms with Gasteiger partial charge in [-0.2, -0.15) is 0 Å². The van der Waals surface area contributed by atoms with E-state index < -0.39 is 0 Å². The highest BCUT2D eigenvalue weighted by molar-refractivity contribution is 5.72. The lowest BCUT2D eigenvalue weighted by Gasteiger charge is -2.02. The molecule has 0 heterocycles. The monoisotopic (exact) mass is 268 g/mol. The zero-order chi connectivity index (χ0) is 14.3. The quantitative estimate of drug-likeness (QED) is 0.451. The number of rotatable bonds is 10. The minimum Gasteiger partial charge on any atom is -0.461 e. The standard InChI is InChI=1S/C15H24O4/c1-3-5-7-12-18-14(16)10-9-11-15(17)19-13-8-6-4-2/h5-8H,3-4,9-13H2,1-2H3/b7-5+,8-6+. The first-order chi connectivity index (χ1) is 9.20. The molecule has 0 aliphatic rings. The summed E-state index contributed by atoms with van der Waals surface area (Å²) in [7, 11) is 0. The number of carbonyl (C=O) groups is 2. The summed E-state index contributed by atoms with van der Waals surface area (Å²) in [5.74, 6) is -0.557. The van der Waals surface area contributed by atoms with E-state index in [2.05, 4.69) is 0 Å². The Labute approximate surface area is 115 Å². The fourth-order valence-electron chi connectivity index (χ4n) is 1.27. The summed E-state index contributed by atoms with van der Waals surface area (Å²) >= 11 is 0. The molecule has 0 bridgehead atoms. The molecule has 0 radical (unpaired) electrons. The van der Waals surface area contributed by atoms with Gasteiger partial charge in [-0.1, -0.05) is 38.2 Å². The lowest BCUT2D eigenvalue weighted by atomic mass is 10.2. The van der Waals surface area contributed by atoms with Gasteiger partial charge < -0.3 is 9.47 Å². The highest BCUT2D eigenvalue weighted by Crippen LogP contribution is 2.00. The van der Waals surface area contributed by atoms with Crippen LogP contribution in [0.5, 0.6) is 0 Å². The van der Waals surface area contributed by atoms with Gasteiger partial charge in [0.25, 0.3) is 0 Å². The van der Waals surface area contributed by atoms with E-state index in [1.807, 2.05) is 38.2 Å². The Morgan fingerprint density at radius 2 is 1.21 bits per heavy atom. The van der Waals surface area contributed by atoms with E-state index in [0.29, 0.717) is 19.6 Å². The Hall–Kier alpha value is -1.58. The van der Waals surface area contributed by atoms with Crippen molar-refractivity contribution in [3.8, 4) is 0 Å². The van der Waals surface area contributed by atoms with Crippen LogP contribution in [0.2, 0.25) is 0 Å². The predicted molar refractivity (Wildman–Crippen MR) is 74.6 cm³/mol. The molecule has 0 aromatic carbocycles. The van der Waals surface area contributed by atoms with Gasteiger partial charge in [-0.15, -0.1) is 0 Å². The second kappa shape index (κ2) is 12.9. The minimum atomic E-state index is -0.278. The smallest absolute Gasteiger partial charge is 0.306 e. The summed E-state index contributed by atoms with van der Waals surface area (Å²) in [6, 6.07) is 0. The molecule has 0 aromatic heterocycles. The summed E-state index contributed by atoms with van der Waals surface area (Å²) in [6.07, 6.45) is 10.3. The Bertz CT molecular complexity index is 275. The Morgan fingerprint density at radius 1 is 0.789 bits per heavy atom. The van der Waals surface area contributed by atoms with Crippen LogP contribution >= 0.6 is 0 Å². The van der Waals surface area contributed by atoms with Crippen molar-refractivity contribution in [2.24, 2.45) is 0 Å². The Kier molecular flexibility index (Phi) is 11.8. The van der Waals surface area contributed by atoms with Gasteiger partial charge in [0.15, 0.2) is 0 Å². The topological polar surface area (TPSA) is 52.6 Å². The van der Waals surface area contributed by atoms with Crippen molar-refractivity contribution in [1.29, 1.82) is 0 Å². The average Bonchev–Trinajstić information content (AvgIpc) is 2.40. The molecule has 0 atom stereocenters. The minimum absolute atomic E-state index is 0.250. The van der Waals surface area contributed by atoms with E-state index in [1.54, 1.807) is 0 Å². The van der Waals surface area contributed by atoms with Gasteiger partial charge >= 0.3 is 11.9 Å². The summed E-state index contributed by atoms with van der Waals surface area (Å²) < 4.78 is 9.90. The maximum Gasteiger partial charge on any atom is 0.306 e. The molecule has 4 nitrogen and oxygen atoms in total. The molecule has 0 saturated heterocycles. The molecule has 0 fully saturated rings. The van der Waals surface area contributed by atoms with Crippen LogP contribution in [0.3, 0.4) is 0 Å². The largest absolute Gasteiger partial charge is 0.461 e. The Balaban J connectivity index is 3.50. The highest BCUT2D eigenvalue weighted by Gasteiger charge is 2.06. The summed E-state index contributed by atoms with van der Waals surface area (Å²) in [4.78, 5) is 22.5. The molecule has 108 valence electrons. The Morgan fingerprint density at radius 3 is 1.58 bits per heavy atom. The number of allylic oxidation sites excluding steroid dienone is 2. The van der Waals surface area contributed by atoms with E-state index in [4.69, 9.17) is 9.47 Å².